The highest BCUT2D eigenvalue weighted by Crippen LogP contribution is 2.30. The van der Waals surface area contributed by atoms with E-state index in [1.54, 1.807) is 37.4 Å². The van der Waals surface area contributed by atoms with Gasteiger partial charge in [-0.1, -0.05) is 11.6 Å². The largest absolute Gasteiger partial charge is 0.495 e. The Morgan fingerprint density at radius 1 is 1.12 bits per heavy atom. The normalized spacial score (nSPS) is 10.3. The molecule has 0 spiro atoms. The van der Waals surface area contributed by atoms with Crippen LogP contribution in [-0.4, -0.2) is 18.0 Å². The van der Waals surface area contributed by atoms with Crippen molar-refractivity contribution in [1.82, 2.24) is 4.98 Å². The molecule has 132 valence electrons. The number of methoxy groups -OCH3 is 1. The fourth-order valence-electron chi connectivity index (χ4n) is 2.29. The lowest BCUT2D eigenvalue weighted by Crippen LogP contribution is -2.12. The fraction of sp³-hybridized carbons (Fsp3) is 0.0526. The summed E-state index contributed by atoms with van der Waals surface area (Å²) in [6.45, 7) is 0. The summed E-state index contributed by atoms with van der Waals surface area (Å²) in [5.41, 5.74) is 1.52. The van der Waals surface area contributed by atoms with Gasteiger partial charge in [-0.15, -0.1) is 0 Å². The third kappa shape index (κ3) is 4.29. The first-order chi connectivity index (χ1) is 12.5. The van der Waals surface area contributed by atoms with Gasteiger partial charge in [-0.05, 0) is 54.6 Å². The van der Waals surface area contributed by atoms with Gasteiger partial charge >= 0.3 is 0 Å². The van der Waals surface area contributed by atoms with Crippen LogP contribution in [0.4, 0.5) is 21.6 Å². The number of nitrogens with zero attached hydrogens (tertiary/aromatic N) is 1. The van der Waals surface area contributed by atoms with E-state index < -0.39 is 0 Å². The quantitative estimate of drug-likeness (QED) is 0.671. The summed E-state index contributed by atoms with van der Waals surface area (Å²) in [5, 5.41) is 6.32. The molecule has 0 aliphatic carbocycles. The minimum atomic E-state index is -0.367. The predicted octanol–water partition coefficient (Wildman–Crippen LogP) is 4.88. The number of benzene rings is 2. The number of carbonyl (C=O) groups excluding carboxylic acids is 1. The highest BCUT2D eigenvalue weighted by Gasteiger charge is 2.10. The van der Waals surface area contributed by atoms with E-state index in [1.165, 1.54) is 30.5 Å². The van der Waals surface area contributed by atoms with E-state index in [1.807, 2.05) is 0 Å². The van der Waals surface area contributed by atoms with Gasteiger partial charge in [-0.2, -0.15) is 0 Å². The van der Waals surface area contributed by atoms with Crippen LogP contribution in [0.2, 0.25) is 5.02 Å². The van der Waals surface area contributed by atoms with Gasteiger partial charge in [0.1, 0.15) is 17.4 Å². The molecule has 0 aliphatic heterocycles. The lowest BCUT2D eigenvalue weighted by molar-refractivity contribution is 0.102. The predicted molar refractivity (Wildman–Crippen MR) is 99.9 cm³/mol. The molecule has 0 unspecified atom stereocenters. The van der Waals surface area contributed by atoms with Crippen LogP contribution in [-0.2, 0) is 0 Å². The second-order valence-electron chi connectivity index (χ2n) is 5.36. The third-order valence-corrected chi connectivity index (χ3v) is 3.78. The molecule has 0 aliphatic rings. The molecule has 0 atom stereocenters. The first kappa shape index (κ1) is 17.7. The number of pyridine rings is 1. The second kappa shape index (κ2) is 7.84. The molecule has 3 rings (SSSR count). The van der Waals surface area contributed by atoms with E-state index in [-0.39, 0.29) is 11.7 Å². The third-order valence-electron chi connectivity index (χ3n) is 3.55. The number of aromatic nitrogens is 1. The second-order valence-corrected chi connectivity index (χ2v) is 5.80. The van der Waals surface area contributed by atoms with Crippen LogP contribution in [0.25, 0.3) is 0 Å². The summed E-state index contributed by atoms with van der Waals surface area (Å²) in [5.74, 6) is 0.351. The number of rotatable bonds is 5. The molecule has 1 aromatic heterocycles. The van der Waals surface area contributed by atoms with E-state index in [9.17, 15) is 9.18 Å². The Kier molecular flexibility index (Phi) is 5.34. The number of nitrogens with one attached hydrogen (secondary N) is 2. The average Bonchev–Trinajstić information content (AvgIpc) is 2.64. The van der Waals surface area contributed by atoms with Crippen LogP contribution in [0.3, 0.4) is 0 Å². The summed E-state index contributed by atoms with van der Waals surface area (Å²) in [7, 11) is 1.55. The van der Waals surface area contributed by atoms with E-state index in [2.05, 4.69) is 15.6 Å². The van der Waals surface area contributed by atoms with E-state index in [0.29, 0.717) is 33.5 Å². The van der Waals surface area contributed by atoms with Crippen molar-refractivity contribution in [2.75, 3.05) is 17.7 Å². The molecule has 0 saturated heterocycles. The SMILES string of the molecule is COc1ccc(Cl)cc1Nc1cc(C(=O)Nc2ccc(F)cc2)ccn1. The van der Waals surface area contributed by atoms with Gasteiger partial charge in [0.15, 0.2) is 0 Å². The molecule has 0 radical (unpaired) electrons. The van der Waals surface area contributed by atoms with Gasteiger partial charge in [0.05, 0.1) is 12.8 Å². The van der Waals surface area contributed by atoms with Gasteiger partial charge in [0.25, 0.3) is 5.91 Å². The molecule has 0 bridgehead atoms. The Hall–Kier alpha value is -3.12. The number of hydrogen-bond acceptors (Lipinski definition) is 4. The lowest BCUT2D eigenvalue weighted by atomic mass is 10.2. The van der Waals surface area contributed by atoms with Gasteiger partial charge < -0.3 is 15.4 Å². The maximum atomic E-state index is 12.9. The summed E-state index contributed by atoms with van der Waals surface area (Å²) in [4.78, 5) is 16.6. The molecule has 2 aromatic carbocycles. The zero-order valence-corrected chi connectivity index (χ0v) is 14.5. The van der Waals surface area contributed by atoms with Crippen LogP contribution in [0.5, 0.6) is 5.75 Å². The maximum absolute atomic E-state index is 12.9. The number of ether oxygens (including phenoxy) is 1. The molecule has 0 fully saturated rings. The Labute approximate surface area is 154 Å². The molecular weight excluding hydrogens is 357 g/mol. The number of carbonyl (C=O) groups is 1. The van der Waals surface area contributed by atoms with Crippen LogP contribution in [0.15, 0.2) is 60.8 Å². The molecule has 1 heterocycles. The van der Waals surface area contributed by atoms with Gasteiger partial charge in [0, 0.05) is 22.5 Å². The van der Waals surface area contributed by atoms with E-state index >= 15 is 0 Å². The van der Waals surface area contributed by atoms with Crippen LogP contribution in [0, 0.1) is 5.82 Å². The summed E-state index contributed by atoms with van der Waals surface area (Å²) >= 11 is 6.02. The number of anilines is 3. The monoisotopic (exact) mass is 371 g/mol. The molecular formula is C19H15ClFN3O2. The molecule has 1 amide bonds. The summed E-state index contributed by atoms with van der Waals surface area (Å²) in [6.07, 6.45) is 1.51. The first-order valence-corrected chi connectivity index (χ1v) is 8.06. The first-order valence-electron chi connectivity index (χ1n) is 7.69. The molecule has 26 heavy (non-hydrogen) atoms. The van der Waals surface area contributed by atoms with Crippen molar-refractivity contribution >= 4 is 34.7 Å². The molecule has 7 heteroatoms. The molecule has 0 saturated carbocycles. The Morgan fingerprint density at radius 2 is 1.88 bits per heavy atom. The minimum Gasteiger partial charge on any atom is -0.495 e. The molecule has 2 N–H and O–H groups in total. The zero-order valence-electron chi connectivity index (χ0n) is 13.8. The summed E-state index contributed by atoms with van der Waals surface area (Å²) in [6, 6.07) is 13.9. The van der Waals surface area contributed by atoms with Crippen molar-refractivity contribution < 1.29 is 13.9 Å². The number of halogens is 2. The average molecular weight is 372 g/mol. The van der Waals surface area contributed by atoms with Crippen molar-refractivity contribution in [1.29, 1.82) is 0 Å². The molecule has 5 nitrogen and oxygen atoms in total. The maximum Gasteiger partial charge on any atom is 0.255 e. The Bertz CT molecular complexity index is 932. The Morgan fingerprint density at radius 3 is 2.62 bits per heavy atom. The van der Waals surface area contributed by atoms with Crippen molar-refractivity contribution in [3.05, 3.63) is 77.2 Å². The minimum absolute atomic E-state index is 0.333. The van der Waals surface area contributed by atoms with Crippen LogP contribution >= 0.6 is 11.6 Å². The highest BCUT2D eigenvalue weighted by atomic mass is 35.5. The topological polar surface area (TPSA) is 63.2 Å². The van der Waals surface area contributed by atoms with Gasteiger partial charge in [-0.25, -0.2) is 9.37 Å². The van der Waals surface area contributed by atoms with Crippen molar-refractivity contribution in [2.45, 2.75) is 0 Å². The standard InChI is InChI=1S/C19H15ClFN3O2/c1-26-17-7-2-13(20)11-16(17)24-18-10-12(8-9-22-18)19(25)23-15-5-3-14(21)4-6-15/h2-11H,1H3,(H,22,24)(H,23,25). The van der Waals surface area contributed by atoms with E-state index in [0.717, 1.165) is 0 Å². The van der Waals surface area contributed by atoms with Gasteiger partial charge in [0.2, 0.25) is 0 Å². The van der Waals surface area contributed by atoms with Gasteiger partial charge in [-0.3, -0.25) is 4.79 Å². The number of amides is 1. The lowest BCUT2D eigenvalue weighted by Gasteiger charge is -2.12. The fourth-order valence-corrected chi connectivity index (χ4v) is 2.46. The molecule has 3 aromatic rings. The zero-order chi connectivity index (χ0) is 18.5. The summed E-state index contributed by atoms with van der Waals surface area (Å²) < 4.78 is 18.2. The van der Waals surface area contributed by atoms with Crippen molar-refractivity contribution in [3.8, 4) is 5.75 Å². The smallest absolute Gasteiger partial charge is 0.255 e. The van der Waals surface area contributed by atoms with E-state index in [4.69, 9.17) is 16.3 Å². The number of hydrogen-bond donors (Lipinski definition) is 2. The highest BCUT2D eigenvalue weighted by molar-refractivity contribution is 6.31. The van der Waals surface area contributed by atoms with Crippen molar-refractivity contribution in [2.24, 2.45) is 0 Å². The van der Waals surface area contributed by atoms with Crippen LogP contribution in [0.1, 0.15) is 10.4 Å². The van der Waals surface area contributed by atoms with Crippen LogP contribution < -0.4 is 15.4 Å². The Balaban J connectivity index is 1.79. The van der Waals surface area contributed by atoms with Crippen molar-refractivity contribution in [3.63, 3.8) is 0 Å².